The minimum atomic E-state index is -0.691. The van der Waals surface area contributed by atoms with Gasteiger partial charge in [0.15, 0.2) is 11.6 Å². The molecule has 0 bridgehead atoms. The van der Waals surface area contributed by atoms with Gasteiger partial charge in [-0.2, -0.15) is 5.26 Å². The fourth-order valence-corrected chi connectivity index (χ4v) is 2.81. The van der Waals surface area contributed by atoms with Crippen molar-refractivity contribution in [3.05, 3.63) is 59.2 Å². The lowest BCUT2D eigenvalue weighted by atomic mass is 10.1. The van der Waals surface area contributed by atoms with Crippen LogP contribution in [0.3, 0.4) is 0 Å². The highest BCUT2D eigenvalue weighted by Crippen LogP contribution is 2.35. The van der Waals surface area contributed by atoms with Crippen molar-refractivity contribution in [2.75, 3.05) is 11.4 Å². The maximum Gasteiger partial charge on any atom is 0.151 e. The summed E-state index contributed by atoms with van der Waals surface area (Å²) in [6.45, 7) is 0.566. The summed E-state index contributed by atoms with van der Waals surface area (Å²) >= 11 is 0. The molecule has 0 N–H and O–H groups in total. The summed E-state index contributed by atoms with van der Waals surface area (Å²) in [5.74, 6) is -1.38. The van der Waals surface area contributed by atoms with E-state index in [1.807, 2.05) is 24.3 Å². The molecule has 0 atom stereocenters. The predicted octanol–water partition coefficient (Wildman–Crippen LogP) is 4.31. The number of halogens is 2. The van der Waals surface area contributed by atoms with E-state index in [2.05, 4.69) is 0 Å². The Morgan fingerprint density at radius 2 is 1.76 bits per heavy atom. The average molecular weight is 284 g/mol. The fraction of sp³-hybridized carbons (Fsp3) is 0.235. The zero-order valence-electron chi connectivity index (χ0n) is 11.4. The lowest BCUT2D eigenvalue weighted by molar-refractivity contribution is 0.578. The van der Waals surface area contributed by atoms with E-state index in [-0.39, 0.29) is 11.3 Å². The molecule has 0 radical (unpaired) electrons. The second kappa shape index (κ2) is 5.53. The molecule has 3 rings (SSSR count). The maximum absolute atomic E-state index is 14.3. The second-order valence-electron chi connectivity index (χ2n) is 5.14. The van der Waals surface area contributed by atoms with Crippen LogP contribution in [0.2, 0.25) is 0 Å². The van der Waals surface area contributed by atoms with E-state index in [0.717, 1.165) is 42.6 Å². The van der Waals surface area contributed by atoms with Crippen LogP contribution in [0, 0.1) is 23.0 Å². The number of hydrogen-bond acceptors (Lipinski definition) is 2. The van der Waals surface area contributed by atoms with Crippen LogP contribution >= 0.6 is 0 Å². The van der Waals surface area contributed by atoms with Crippen molar-refractivity contribution in [2.45, 2.75) is 19.3 Å². The largest absolute Gasteiger partial charge is 0.336 e. The van der Waals surface area contributed by atoms with Gasteiger partial charge in [0, 0.05) is 12.2 Å². The molecule has 21 heavy (non-hydrogen) atoms. The van der Waals surface area contributed by atoms with Gasteiger partial charge < -0.3 is 4.90 Å². The first-order valence-corrected chi connectivity index (χ1v) is 6.95. The van der Waals surface area contributed by atoms with Gasteiger partial charge in [0.05, 0.1) is 11.6 Å². The Balaban J connectivity index is 2.15. The van der Waals surface area contributed by atoms with Crippen LogP contribution in [0.1, 0.15) is 24.0 Å². The Hall–Kier alpha value is -2.41. The van der Waals surface area contributed by atoms with E-state index < -0.39 is 11.6 Å². The number of anilines is 2. The molecule has 2 aromatic rings. The van der Waals surface area contributed by atoms with Crippen LogP contribution in [-0.2, 0) is 6.42 Å². The summed E-state index contributed by atoms with van der Waals surface area (Å²) in [7, 11) is 0. The zero-order valence-corrected chi connectivity index (χ0v) is 11.4. The smallest absolute Gasteiger partial charge is 0.151 e. The monoisotopic (exact) mass is 284 g/mol. The Labute approximate surface area is 122 Å². The Kier molecular flexibility index (Phi) is 3.57. The lowest BCUT2D eigenvalue weighted by Crippen LogP contribution is -2.20. The SMILES string of the molecule is N#Cc1cc(F)c(N2CCCCc3ccccc32)c(F)c1. The van der Waals surface area contributed by atoms with Crippen LogP contribution < -0.4 is 4.90 Å². The van der Waals surface area contributed by atoms with Crippen LogP contribution in [0.4, 0.5) is 20.2 Å². The molecule has 0 saturated heterocycles. The standard InChI is InChI=1S/C17H14F2N2/c18-14-9-12(11-20)10-15(19)17(14)21-8-4-3-6-13-5-1-2-7-16(13)21/h1-2,5,7,9-10H,3-4,6,8H2. The highest BCUT2D eigenvalue weighted by molar-refractivity contribution is 5.68. The third-order valence-corrected chi connectivity index (χ3v) is 3.78. The molecule has 1 aliphatic heterocycles. The molecule has 0 saturated carbocycles. The first-order valence-electron chi connectivity index (χ1n) is 6.95. The Morgan fingerprint density at radius 3 is 2.48 bits per heavy atom. The first-order chi connectivity index (χ1) is 10.2. The molecule has 2 aromatic carbocycles. The van der Waals surface area contributed by atoms with E-state index in [9.17, 15) is 8.78 Å². The third-order valence-electron chi connectivity index (χ3n) is 3.78. The summed E-state index contributed by atoms with van der Waals surface area (Å²) in [6, 6.07) is 11.6. The fourth-order valence-electron chi connectivity index (χ4n) is 2.81. The van der Waals surface area contributed by atoms with Crippen molar-refractivity contribution in [1.82, 2.24) is 0 Å². The molecule has 2 nitrogen and oxygen atoms in total. The van der Waals surface area contributed by atoms with E-state index in [1.54, 1.807) is 11.0 Å². The quantitative estimate of drug-likeness (QED) is 0.780. The first kappa shape index (κ1) is 13.6. The number of para-hydroxylation sites is 1. The summed E-state index contributed by atoms with van der Waals surface area (Å²) in [6.07, 6.45) is 2.77. The number of benzene rings is 2. The molecule has 1 heterocycles. The normalized spacial score (nSPS) is 14.2. The van der Waals surface area contributed by atoms with Crippen molar-refractivity contribution >= 4 is 11.4 Å². The van der Waals surface area contributed by atoms with Gasteiger partial charge >= 0.3 is 0 Å². The van der Waals surface area contributed by atoms with Gasteiger partial charge in [-0.05, 0) is 43.0 Å². The predicted molar refractivity (Wildman–Crippen MR) is 77.5 cm³/mol. The van der Waals surface area contributed by atoms with Crippen LogP contribution in [0.25, 0.3) is 0 Å². The lowest BCUT2D eigenvalue weighted by Gasteiger charge is -2.26. The molecule has 0 aliphatic carbocycles. The van der Waals surface area contributed by atoms with Gasteiger partial charge in [0.1, 0.15) is 5.69 Å². The number of rotatable bonds is 1. The van der Waals surface area contributed by atoms with E-state index >= 15 is 0 Å². The van der Waals surface area contributed by atoms with Crippen LogP contribution in [0.15, 0.2) is 36.4 Å². The zero-order chi connectivity index (χ0) is 14.8. The van der Waals surface area contributed by atoms with Gasteiger partial charge in [-0.25, -0.2) is 8.78 Å². The van der Waals surface area contributed by atoms with Crippen molar-refractivity contribution in [3.63, 3.8) is 0 Å². The van der Waals surface area contributed by atoms with E-state index in [4.69, 9.17) is 5.26 Å². The number of nitrogens with zero attached hydrogens (tertiary/aromatic N) is 2. The summed E-state index contributed by atoms with van der Waals surface area (Å²) < 4.78 is 28.6. The molecule has 106 valence electrons. The summed E-state index contributed by atoms with van der Waals surface area (Å²) in [4.78, 5) is 1.69. The van der Waals surface area contributed by atoms with Gasteiger partial charge in [-0.1, -0.05) is 18.2 Å². The number of nitriles is 1. The van der Waals surface area contributed by atoms with Crippen LogP contribution in [0.5, 0.6) is 0 Å². The van der Waals surface area contributed by atoms with Crippen molar-refractivity contribution in [2.24, 2.45) is 0 Å². The molecule has 4 heteroatoms. The molecule has 0 amide bonds. The molecular formula is C17H14F2N2. The molecule has 0 spiro atoms. The van der Waals surface area contributed by atoms with Crippen LogP contribution in [-0.4, -0.2) is 6.54 Å². The number of aryl methyl sites for hydroxylation is 1. The Bertz CT molecular complexity index is 696. The molecular weight excluding hydrogens is 270 g/mol. The minimum absolute atomic E-state index is 0.00291. The van der Waals surface area contributed by atoms with Gasteiger partial charge in [0.25, 0.3) is 0 Å². The number of fused-ring (bicyclic) bond motifs is 1. The second-order valence-corrected chi connectivity index (χ2v) is 5.14. The topological polar surface area (TPSA) is 27.0 Å². The van der Waals surface area contributed by atoms with Crippen molar-refractivity contribution in [3.8, 4) is 6.07 Å². The molecule has 0 unspecified atom stereocenters. The van der Waals surface area contributed by atoms with Gasteiger partial charge in [-0.3, -0.25) is 0 Å². The van der Waals surface area contributed by atoms with Gasteiger partial charge in [-0.15, -0.1) is 0 Å². The average Bonchev–Trinajstić information content (AvgIpc) is 2.69. The number of hydrogen-bond donors (Lipinski definition) is 0. The third kappa shape index (κ3) is 2.47. The highest BCUT2D eigenvalue weighted by Gasteiger charge is 2.23. The van der Waals surface area contributed by atoms with Gasteiger partial charge in [0.2, 0.25) is 0 Å². The highest BCUT2D eigenvalue weighted by atomic mass is 19.1. The summed E-state index contributed by atoms with van der Waals surface area (Å²) in [5.41, 5.74) is 1.87. The van der Waals surface area contributed by atoms with Crippen molar-refractivity contribution in [1.29, 1.82) is 5.26 Å². The minimum Gasteiger partial charge on any atom is -0.336 e. The van der Waals surface area contributed by atoms with Crippen molar-refractivity contribution < 1.29 is 8.78 Å². The van der Waals surface area contributed by atoms with E-state index in [1.165, 1.54) is 0 Å². The molecule has 1 aliphatic rings. The Morgan fingerprint density at radius 1 is 1.05 bits per heavy atom. The molecule has 0 fully saturated rings. The maximum atomic E-state index is 14.3. The molecule has 0 aromatic heterocycles. The summed E-state index contributed by atoms with van der Waals surface area (Å²) in [5, 5.41) is 8.79. The van der Waals surface area contributed by atoms with E-state index in [0.29, 0.717) is 6.54 Å².